The standard InChI is InChI=1S/C9H12FN/c1-7-3-4-8(2)9(5-7)6-11-10/h3-5,11H,6H2,1-2H3. The highest BCUT2D eigenvalue weighted by atomic mass is 19.2. The average Bonchev–Trinajstić information content (AvgIpc) is 1.98. The monoisotopic (exact) mass is 153 g/mol. The normalized spacial score (nSPS) is 10.1. The quantitative estimate of drug-likeness (QED) is 0.643. The van der Waals surface area contributed by atoms with E-state index in [1.807, 2.05) is 32.0 Å². The van der Waals surface area contributed by atoms with E-state index < -0.39 is 0 Å². The Morgan fingerprint density at radius 1 is 1.36 bits per heavy atom. The summed E-state index contributed by atoms with van der Waals surface area (Å²) in [5, 5.41) is 0. The van der Waals surface area contributed by atoms with Crippen LogP contribution in [-0.2, 0) is 6.54 Å². The Balaban J connectivity index is 2.93. The van der Waals surface area contributed by atoms with Crippen molar-refractivity contribution in [3.05, 3.63) is 34.9 Å². The van der Waals surface area contributed by atoms with Gasteiger partial charge in [0, 0.05) is 0 Å². The topological polar surface area (TPSA) is 12.0 Å². The Morgan fingerprint density at radius 2 is 2.09 bits per heavy atom. The second kappa shape index (κ2) is 3.49. The van der Waals surface area contributed by atoms with E-state index in [-0.39, 0.29) is 0 Å². The first-order valence-corrected chi connectivity index (χ1v) is 3.63. The molecular weight excluding hydrogens is 141 g/mol. The molecule has 1 rings (SSSR count). The lowest BCUT2D eigenvalue weighted by atomic mass is 10.1. The number of hydrogen-bond donors (Lipinski definition) is 1. The van der Waals surface area contributed by atoms with Gasteiger partial charge in [0.25, 0.3) is 0 Å². The molecular formula is C9H12FN. The van der Waals surface area contributed by atoms with Crippen LogP contribution in [0.15, 0.2) is 18.2 Å². The highest BCUT2D eigenvalue weighted by Gasteiger charge is 1.96. The Bertz CT molecular complexity index is 245. The predicted molar refractivity (Wildman–Crippen MR) is 43.9 cm³/mol. The van der Waals surface area contributed by atoms with Crippen LogP contribution in [0.5, 0.6) is 0 Å². The van der Waals surface area contributed by atoms with Crippen molar-refractivity contribution < 1.29 is 4.48 Å². The summed E-state index contributed by atoms with van der Waals surface area (Å²) in [6.45, 7) is 4.28. The molecule has 0 radical (unpaired) electrons. The van der Waals surface area contributed by atoms with E-state index in [4.69, 9.17) is 0 Å². The molecule has 2 heteroatoms. The largest absolute Gasteiger partial charge is 0.155 e. The Morgan fingerprint density at radius 3 is 2.73 bits per heavy atom. The highest BCUT2D eigenvalue weighted by molar-refractivity contribution is 5.30. The molecule has 0 bridgehead atoms. The third-order valence-corrected chi connectivity index (χ3v) is 1.76. The lowest BCUT2D eigenvalue weighted by molar-refractivity contribution is 0.329. The van der Waals surface area contributed by atoms with Crippen LogP contribution in [0, 0.1) is 13.8 Å². The zero-order valence-electron chi connectivity index (χ0n) is 6.82. The van der Waals surface area contributed by atoms with Crippen molar-refractivity contribution in [2.45, 2.75) is 20.4 Å². The molecule has 0 saturated heterocycles. The summed E-state index contributed by atoms with van der Waals surface area (Å²) in [6.07, 6.45) is 0. The second-order valence-electron chi connectivity index (χ2n) is 2.74. The molecule has 1 aromatic rings. The summed E-state index contributed by atoms with van der Waals surface area (Å²) in [5.41, 5.74) is 4.97. The molecule has 0 aliphatic carbocycles. The summed E-state index contributed by atoms with van der Waals surface area (Å²) in [6, 6.07) is 6.01. The number of benzene rings is 1. The number of aryl methyl sites for hydroxylation is 2. The second-order valence-corrected chi connectivity index (χ2v) is 2.74. The molecule has 1 N–H and O–H groups in total. The molecule has 0 heterocycles. The van der Waals surface area contributed by atoms with Crippen LogP contribution in [0.4, 0.5) is 4.48 Å². The van der Waals surface area contributed by atoms with Crippen molar-refractivity contribution in [1.29, 1.82) is 0 Å². The highest BCUT2D eigenvalue weighted by Crippen LogP contribution is 2.09. The first kappa shape index (κ1) is 8.21. The number of nitrogens with one attached hydrogen (secondary N) is 1. The van der Waals surface area contributed by atoms with Crippen molar-refractivity contribution in [1.82, 2.24) is 5.54 Å². The molecule has 0 amide bonds. The maximum atomic E-state index is 11.7. The minimum absolute atomic E-state index is 0.299. The molecule has 11 heavy (non-hydrogen) atoms. The molecule has 1 aromatic carbocycles. The predicted octanol–water partition coefficient (Wildman–Crippen LogP) is 2.28. The van der Waals surface area contributed by atoms with Crippen LogP contribution in [0.3, 0.4) is 0 Å². The van der Waals surface area contributed by atoms with Gasteiger partial charge in [0.15, 0.2) is 0 Å². The molecule has 0 saturated carbocycles. The Hall–Kier alpha value is -0.890. The van der Waals surface area contributed by atoms with E-state index in [1.165, 1.54) is 5.56 Å². The van der Waals surface area contributed by atoms with Crippen LogP contribution in [0.2, 0.25) is 0 Å². The first-order chi connectivity index (χ1) is 5.24. The van der Waals surface area contributed by atoms with Crippen molar-refractivity contribution in [2.75, 3.05) is 0 Å². The summed E-state index contributed by atoms with van der Waals surface area (Å²) in [7, 11) is 0. The van der Waals surface area contributed by atoms with E-state index in [9.17, 15) is 4.48 Å². The smallest absolute Gasteiger partial charge is 0.0512 e. The fraction of sp³-hybridized carbons (Fsp3) is 0.333. The van der Waals surface area contributed by atoms with Gasteiger partial charge in [-0.25, -0.2) is 0 Å². The fourth-order valence-corrected chi connectivity index (χ4v) is 1.06. The van der Waals surface area contributed by atoms with E-state index in [1.54, 1.807) is 5.54 Å². The summed E-state index contributed by atoms with van der Waals surface area (Å²) in [4.78, 5) is 0. The third kappa shape index (κ3) is 2.02. The molecule has 0 aliphatic rings. The first-order valence-electron chi connectivity index (χ1n) is 3.63. The van der Waals surface area contributed by atoms with E-state index >= 15 is 0 Å². The van der Waals surface area contributed by atoms with Gasteiger partial charge in [-0.1, -0.05) is 23.8 Å². The summed E-state index contributed by atoms with van der Waals surface area (Å²) in [5.74, 6) is 0. The van der Waals surface area contributed by atoms with Crippen LogP contribution < -0.4 is 5.54 Å². The molecule has 0 aromatic heterocycles. The zero-order valence-corrected chi connectivity index (χ0v) is 6.82. The van der Waals surface area contributed by atoms with Crippen molar-refractivity contribution >= 4 is 0 Å². The van der Waals surface area contributed by atoms with E-state index in [0.717, 1.165) is 11.1 Å². The van der Waals surface area contributed by atoms with Crippen molar-refractivity contribution in [2.24, 2.45) is 0 Å². The molecule has 0 atom stereocenters. The van der Waals surface area contributed by atoms with Gasteiger partial charge in [-0.2, -0.15) is 5.54 Å². The summed E-state index contributed by atoms with van der Waals surface area (Å²) >= 11 is 0. The molecule has 0 spiro atoms. The molecule has 0 aliphatic heterocycles. The van der Waals surface area contributed by atoms with Crippen molar-refractivity contribution in [3.63, 3.8) is 0 Å². The lowest BCUT2D eigenvalue weighted by Crippen LogP contribution is -2.01. The van der Waals surface area contributed by atoms with Crippen LogP contribution in [-0.4, -0.2) is 0 Å². The maximum absolute atomic E-state index is 11.7. The lowest BCUT2D eigenvalue weighted by Gasteiger charge is -2.03. The molecule has 0 fully saturated rings. The number of hydrogen-bond acceptors (Lipinski definition) is 1. The maximum Gasteiger partial charge on any atom is 0.0512 e. The van der Waals surface area contributed by atoms with Gasteiger partial charge in [-0.15, -0.1) is 4.48 Å². The van der Waals surface area contributed by atoms with Gasteiger partial charge in [-0.05, 0) is 25.0 Å². The average molecular weight is 153 g/mol. The van der Waals surface area contributed by atoms with Crippen LogP contribution in [0.25, 0.3) is 0 Å². The Kier molecular flexibility index (Phi) is 2.60. The van der Waals surface area contributed by atoms with Gasteiger partial charge in [0.2, 0.25) is 0 Å². The van der Waals surface area contributed by atoms with Gasteiger partial charge in [-0.3, -0.25) is 0 Å². The van der Waals surface area contributed by atoms with E-state index in [2.05, 4.69) is 0 Å². The summed E-state index contributed by atoms with van der Waals surface area (Å²) < 4.78 is 11.7. The van der Waals surface area contributed by atoms with Gasteiger partial charge >= 0.3 is 0 Å². The minimum atomic E-state index is 0.299. The van der Waals surface area contributed by atoms with Crippen LogP contribution in [0.1, 0.15) is 16.7 Å². The Labute approximate surface area is 66.2 Å². The van der Waals surface area contributed by atoms with E-state index in [0.29, 0.717) is 6.54 Å². The fourth-order valence-electron chi connectivity index (χ4n) is 1.06. The SMILES string of the molecule is Cc1ccc(C)c(CNF)c1. The molecule has 60 valence electrons. The minimum Gasteiger partial charge on any atom is -0.155 e. The zero-order chi connectivity index (χ0) is 8.27. The number of halogens is 1. The van der Waals surface area contributed by atoms with Crippen LogP contribution >= 0.6 is 0 Å². The molecule has 0 unspecified atom stereocenters. The van der Waals surface area contributed by atoms with Crippen molar-refractivity contribution in [3.8, 4) is 0 Å². The van der Waals surface area contributed by atoms with Gasteiger partial charge in [0.05, 0.1) is 6.54 Å². The van der Waals surface area contributed by atoms with Gasteiger partial charge < -0.3 is 0 Å². The molecule has 1 nitrogen and oxygen atoms in total. The third-order valence-electron chi connectivity index (χ3n) is 1.76. The number of rotatable bonds is 2. The van der Waals surface area contributed by atoms with Gasteiger partial charge in [0.1, 0.15) is 0 Å².